The number of aliphatic hydroxyl groups is 2. The van der Waals surface area contributed by atoms with Gasteiger partial charge in [0.15, 0.2) is 0 Å². The molecular formula is C44H67N3O10S. The summed E-state index contributed by atoms with van der Waals surface area (Å²) in [7, 11) is -4.19. The van der Waals surface area contributed by atoms with Crippen LogP contribution in [0.5, 0.6) is 5.88 Å². The molecule has 0 spiro atoms. The van der Waals surface area contributed by atoms with Gasteiger partial charge in [-0.15, -0.1) is 0 Å². The van der Waals surface area contributed by atoms with E-state index in [9.17, 15) is 33.4 Å². The summed E-state index contributed by atoms with van der Waals surface area (Å²) >= 11 is 0. The van der Waals surface area contributed by atoms with Crippen molar-refractivity contribution in [3.05, 3.63) is 35.5 Å². The lowest BCUT2D eigenvalue weighted by atomic mass is 9.43. The number of esters is 1. The van der Waals surface area contributed by atoms with Crippen molar-refractivity contribution in [3.8, 4) is 5.88 Å². The Morgan fingerprint density at radius 3 is 2.38 bits per heavy atom. The van der Waals surface area contributed by atoms with Gasteiger partial charge in [-0.3, -0.25) is 9.42 Å². The molecule has 2 aromatic rings. The van der Waals surface area contributed by atoms with E-state index in [0.717, 1.165) is 64.2 Å². The molecule has 0 bridgehead atoms. The number of fused-ring (bicyclic) bond motifs is 5. The van der Waals surface area contributed by atoms with E-state index in [1.54, 1.807) is 18.2 Å². The van der Waals surface area contributed by atoms with Gasteiger partial charge in [-0.05, 0) is 159 Å². The normalized spacial score (nSPS) is 31.8. The standard InChI is InChI=1S/C44H67N3O10S/c1-28(2)25-36(42(51)56-24-12-7-6-11-23-55-40-41(47(52)57-46-40)58(53,54)32-13-9-8-10-14-32)45-38(50)18-15-29(3)33-16-17-34-39-35(20-22-44(33,34)5)43(4)21-19-31(48)26-30(43)27-37(39)49/h8-10,13-14,28-31,33-37,39,48-49H,6-7,11-12,15-27H2,1-5H3,(H,45,50)/t29-,30+,31-,33-,34+,35+,36+,37+,39?,43+,44-/m1/s1. The van der Waals surface area contributed by atoms with E-state index in [1.165, 1.54) is 12.1 Å². The van der Waals surface area contributed by atoms with E-state index in [4.69, 9.17) is 9.47 Å². The van der Waals surface area contributed by atoms with Crippen LogP contribution in [0.1, 0.15) is 131 Å². The van der Waals surface area contributed by atoms with E-state index in [-0.39, 0.29) is 63.8 Å². The summed E-state index contributed by atoms with van der Waals surface area (Å²) in [6.07, 6.45) is 11.7. The molecule has 0 saturated heterocycles. The molecule has 1 aromatic heterocycles. The van der Waals surface area contributed by atoms with E-state index < -0.39 is 26.9 Å². The average molecular weight is 830 g/mol. The zero-order chi connectivity index (χ0) is 41.8. The Labute approximate surface area is 344 Å². The van der Waals surface area contributed by atoms with E-state index in [1.807, 2.05) is 13.8 Å². The molecule has 14 heteroatoms. The fourth-order valence-corrected chi connectivity index (χ4v) is 13.2. The lowest BCUT2D eigenvalue weighted by Crippen LogP contribution is -2.58. The van der Waals surface area contributed by atoms with Gasteiger partial charge in [0.2, 0.25) is 5.91 Å². The maximum absolute atomic E-state index is 13.3. The number of benzene rings is 1. The number of rotatable bonds is 18. The SMILES string of the molecule is CC(C)C[C@H](NC(=O)CC[C@@H](C)[C@H]1CC[C@H]2C3[C@@H](O)C[C@@H]4C[C@H](O)CC[C@]4(C)[C@H]3CC[C@]12C)C(=O)OCCCCCCOc1no[n+]([O-])c1S(=O)(=O)c1ccccc1. The summed E-state index contributed by atoms with van der Waals surface area (Å²) in [5.74, 6) is 1.76. The number of amides is 1. The fraction of sp³-hybridized carbons (Fsp3) is 0.773. The molecule has 324 valence electrons. The zero-order valence-electron chi connectivity index (χ0n) is 35.1. The second kappa shape index (κ2) is 18.6. The monoisotopic (exact) mass is 829 g/mol. The van der Waals surface area contributed by atoms with Crippen LogP contribution in [0.3, 0.4) is 0 Å². The number of unbranched alkanes of at least 4 members (excludes halogenated alkanes) is 3. The Morgan fingerprint density at radius 2 is 1.66 bits per heavy atom. The summed E-state index contributed by atoms with van der Waals surface area (Å²) in [6, 6.07) is 6.79. The summed E-state index contributed by atoms with van der Waals surface area (Å²) in [5, 5.41) is 39.9. The van der Waals surface area contributed by atoms with Gasteiger partial charge in [-0.25, -0.2) is 13.2 Å². The molecule has 13 nitrogen and oxygen atoms in total. The molecule has 4 aliphatic rings. The van der Waals surface area contributed by atoms with Crippen molar-refractivity contribution < 1.29 is 47.2 Å². The Balaban J connectivity index is 0.913. The molecule has 4 aliphatic carbocycles. The van der Waals surface area contributed by atoms with Gasteiger partial charge >= 0.3 is 16.9 Å². The number of hydrogen-bond donors (Lipinski definition) is 3. The average Bonchev–Trinajstić information content (AvgIpc) is 3.74. The number of aliphatic hydroxyl groups excluding tert-OH is 2. The highest BCUT2D eigenvalue weighted by Gasteiger charge is 2.62. The van der Waals surface area contributed by atoms with Crippen molar-refractivity contribution in [1.82, 2.24) is 10.5 Å². The minimum absolute atomic E-state index is 0.0756. The highest BCUT2D eigenvalue weighted by atomic mass is 32.2. The van der Waals surface area contributed by atoms with Gasteiger partial charge in [-0.1, -0.05) is 52.8 Å². The number of ether oxygens (including phenoxy) is 2. The van der Waals surface area contributed by atoms with Crippen molar-refractivity contribution in [2.45, 2.75) is 159 Å². The summed E-state index contributed by atoms with van der Waals surface area (Å²) in [5.41, 5.74) is 0.337. The van der Waals surface area contributed by atoms with Gasteiger partial charge in [0.25, 0.3) is 9.84 Å². The highest BCUT2D eigenvalue weighted by molar-refractivity contribution is 7.91. The second-order valence-electron chi connectivity index (χ2n) is 19.0. The molecule has 1 amide bonds. The zero-order valence-corrected chi connectivity index (χ0v) is 36.0. The molecular weight excluding hydrogens is 763 g/mol. The molecule has 1 aromatic carbocycles. The van der Waals surface area contributed by atoms with Crippen LogP contribution in [0, 0.1) is 57.5 Å². The predicted octanol–water partition coefficient (Wildman–Crippen LogP) is 6.56. The summed E-state index contributed by atoms with van der Waals surface area (Å²) in [4.78, 5) is 26.2. The van der Waals surface area contributed by atoms with Crippen LogP contribution in [0.15, 0.2) is 44.9 Å². The predicted molar refractivity (Wildman–Crippen MR) is 215 cm³/mol. The van der Waals surface area contributed by atoms with Crippen molar-refractivity contribution in [1.29, 1.82) is 0 Å². The Hall–Kier alpha value is -3.23. The minimum atomic E-state index is -4.19. The van der Waals surface area contributed by atoms with Gasteiger partial charge < -0.3 is 30.2 Å². The highest BCUT2D eigenvalue weighted by Crippen LogP contribution is 2.68. The first-order valence-electron chi connectivity index (χ1n) is 21.9. The number of nitrogens with zero attached hydrogens (tertiary/aromatic N) is 2. The lowest BCUT2D eigenvalue weighted by molar-refractivity contribution is -0.832. The van der Waals surface area contributed by atoms with Crippen LogP contribution in [-0.2, 0) is 24.2 Å². The Morgan fingerprint density at radius 1 is 0.966 bits per heavy atom. The number of aromatic nitrogens is 2. The summed E-state index contributed by atoms with van der Waals surface area (Å²) in [6.45, 7) is 11.5. The number of carbonyl (C=O) groups is 2. The number of sulfone groups is 1. The molecule has 4 saturated carbocycles. The number of hydrogen-bond acceptors (Lipinski definition) is 11. The maximum Gasteiger partial charge on any atom is 0.414 e. The smallest absolute Gasteiger partial charge is 0.414 e. The molecule has 0 radical (unpaired) electrons. The number of carbonyl (C=O) groups excluding carboxylic acids is 2. The van der Waals surface area contributed by atoms with Crippen molar-refractivity contribution >= 4 is 21.7 Å². The van der Waals surface area contributed by atoms with Gasteiger partial charge in [-0.2, -0.15) is 0 Å². The first kappa shape index (κ1) is 44.3. The van der Waals surface area contributed by atoms with Crippen LogP contribution in [0.2, 0.25) is 0 Å². The minimum Gasteiger partial charge on any atom is -0.464 e. The maximum atomic E-state index is 13.3. The van der Waals surface area contributed by atoms with Crippen LogP contribution < -0.4 is 15.0 Å². The van der Waals surface area contributed by atoms with Gasteiger partial charge in [0.1, 0.15) is 6.04 Å². The Kier molecular flexibility index (Phi) is 14.2. The third-order valence-corrected chi connectivity index (χ3v) is 16.7. The van der Waals surface area contributed by atoms with Crippen LogP contribution in [0.25, 0.3) is 0 Å². The third-order valence-electron chi connectivity index (χ3n) is 14.9. The van der Waals surface area contributed by atoms with E-state index >= 15 is 0 Å². The van der Waals surface area contributed by atoms with Gasteiger partial charge in [0.05, 0.1) is 35.5 Å². The van der Waals surface area contributed by atoms with Crippen LogP contribution in [0.4, 0.5) is 0 Å². The topological polar surface area (TPSA) is 192 Å². The quantitative estimate of drug-likeness (QED) is 0.0838. The largest absolute Gasteiger partial charge is 0.464 e. The molecule has 3 N–H and O–H groups in total. The fourth-order valence-electron chi connectivity index (χ4n) is 11.9. The summed E-state index contributed by atoms with van der Waals surface area (Å²) < 4.78 is 41.5. The third kappa shape index (κ3) is 9.38. The van der Waals surface area contributed by atoms with Crippen LogP contribution >= 0.6 is 0 Å². The van der Waals surface area contributed by atoms with Crippen molar-refractivity contribution in [2.75, 3.05) is 13.2 Å². The molecule has 4 fully saturated rings. The van der Waals surface area contributed by atoms with Crippen LogP contribution in [-0.4, -0.2) is 67.1 Å². The molecule has 0 aliphatic heterocycles. The van der Waals surface area contributed by atoms with Crippen molar-refractivity contribution in [2.24, 2.45) is 52.3 Å². The van der Waals surface area contributed by atoms with Crippen molar-refractivity contribution in [3.63, 3.8) is 0 Å². The first-order chi connectivity index (χ1) is 27.6. The molecule has 58 heavy (non-hydrogen) atoms. The number of nitrogens with one attached hydrogen (secondary N) is 1. The first-order valence-corrected chi connectivity index (χ1v) is 23.4. The molecule has 1 heterocycles. The molecule has 1 unspecified atom stereocenters. The Bertz CT molecular complexity index is 1800. The molecule has 11 atom stereocenters. The van der Waals surface area contributed by atoms with E-state index in [0.29, 0.717) is 67.6 Å². The van der Waals surface area contributed by atoms with E-state index in [2.05, 4.69) is 35.9 Å². The van der Waals surface area contributed by atoms with Gasteiger partial charge in [0, 0.05) is 6.42 Å². The molecule has 6 rings (SSSR count). The second-order valence-corrected chi connectivity index (χ2v) is 20.9. The lowest BCUT2D eigenvalue weighted by Gasteiger charge is -2.62.